The van der Waals surface area contributed by atoms with E-state index in [9.17, 15) is 0 Å². The Morgan fingerprint density at radius 2 is 2.40 bits per heavy atom. The molecule has 0 aromatic carbocycles. The Bertz CT molecular complexity index is 355. The Morgan fingerprint density at radius 1 is 1.50 bits per heavy atom. The molecule has 0 saturated carbocycles. The summed E-state index contributed by atoms with van der Waals surface area (Å²) in [7, 11) is 0. The van der Waals surface area contributed by atoms with E-state index in [0.717, 1.165) is 5.52 Å². The first kappa shape index (κ1) is 5.68. The van der Waals surface area contributed by atoms with Crippen molar-refractivity contribution in [2.24, 2.45) is 0 Å². The minimum atomic E-state index is 0.267. The van der Waals surface area contributed by atoms with E-state index in [0.29, 0.717) is 0 Å². The Balaban J connectivity index is 2.86. The monoisotopic (exact) mass is 153 g/mol. The molecule has 0 unspecified atom stereocenters. The second-order valence-corrected chi connectivity index (χ2v) is 2.24. The topological polar surface area (TPSA) is 30.2 Å². The largest absolute Gasteiger partial charge is 0.241 e. The molecule has 0 fully saturated rings. The molecule has 50 valence electrons. The van der Waals surface area contributed by atoms with E-state index in [1.807, 2.05) is 18.3 Å². The van der Waals surface area contributed by atoms with Crippen LogP contribution in [0, 0.1) is 0 Å². The SMILES string of the molecule is Clc1ncc2cccn2n1. The van der Waals surface area contributed by atoms with Crippen molar-refractivity contribution in [3.05, 3.63) is 29.8 Å². The number of nitrogens with zero attached hydrogens (tertiary/aromatic N) is 3. The lowest BCUT2D eigenvalue weighted by Crippen LogP contribution is -1.90. The van der Waals surface area contributed by atoms with Gasteiger partial charge in [-0.05, 0) is 23.7 Å². The highest BCUT2D eigenvalue weighted by molar-refractivity contribution is 6.28. The third kappa shape index (κ3) is 0.752. The number of hydrogen-bond acceptors (Lipinski definition) is 2. The Labute approximate surface area is 62.3 Å². The van der Waals surface area contributed by atoms with Crippen LogP contribution in [-0.4, -0.2) is 14.6 Å². The summed E-state index contributed by atoms with van der Waals surface area (Å²) in [6.45, 7) is 0. The van der Waals surface area contributed by atoms with E-state index >= 15 is 0 Å². The highest BCUT2D eigenvalue weighted by atomic mass is 35.5. The van der Waals surface area contributed by atoms with Crippen molar-refractivity contribution in [1.82, 2.24) is 14.6 Å². The van der Waals surface area contributed by atoms with Gasteiger partial charge in [-0.1, -0.05) is 0 Å². The zero-order valence-electron chi connectivity index (χ0n) is 5.03. The van der Waals surface area contributed by atoms with Gasteiger partial charge < -0.3 is 0 Å². The van der Waals surface area contributed by atoms with Gasteiger partial charge in [0.25, 0.3) is 0 Å². The molecule has 0 radical (unpaired) electrons. The van der Waals surface area contributed by atoms with Crippen molar-refractivity contribution in [2.45, 2.75) is 0 Å². The molecule has 0 N–H and O–H groups in total. The molecule has 10 heavy (non-hydrogen) atoms. The van der Waals surface area contributed by atoms with Gasteiger partial charge >= 0.3 is 0 Å². The Morgan fingerprint density at radius 3 is 3.30 bits per heavy atom. The summed E-state index contributed by atoms with van der Waals surface area (Å²) in [6.07, 6.45) is 3.50. The van der Waals surface area contributed by atoms with Crippen LogP contribution in [0.2, 0.25) is 5.28 Å². The second kappa shape index (κ2) is 1.95. The maximum absolute atomic E-state index is 5.53. The van der Waals surface area contributed by atoms with Gasteiger partial charge in [0, 0.05) is 6.20 Å². The summed E-state index contributed by atoms with van der Waals surface area (Å²) < 4.78 is 1.68. The van der Waals surface area contributed by atoms with Crippen LogP contribution in [0.5, 0.6) is 0 Å². The molecule has 2 aromatic heterocycles. The van der Waals surface area contributed by atoms with Gasteiger partial charge in [-0.15, -0.1) is 5.10 Å². The average molecular weight is 154 g/mol. The molecule has 2 rings (SSSR count). The van der Waals surface area contributed by atoms with Gasteiger partial charge in [-0.2, -0.15) is 0 Å². The van der Waals surface area contributed by atoms with Crippen molar-refractivity contribution in [3.63, 3.8) is 0 Å². The number of aromatic nitrogens is 3. The maximum Gasteiger partial charge on any atom is 0.241 e. The van der Waals surface area contributed by atoms with Crippen molar-refractivity contribution in [3.8, 4) is 0 Å². The van der Waals surface area contributed by atoms with Crippen LogP contribution in [0.25, 0.3) is 5.52 Å². The van der Waals surface area contributed by atoms with Gasteiger partial charge in [0.2, 0.25) is 5.28 Å². The third-order valence-corrected chi connectivity index (χ3v) is 1.43. The predicted molar refractivity (Wildman–Crippen MR) is 38.0 cm³/mol. The van der Waals surface area contributed by atoms with Crippen LogP contribution in [-0.2, 0) is 0 Å². The second-order valence-electron chi connectivity index (χ2n) is 1.90. The Kier molecular flexibility index (Phi) is 1.11. The summed E-state index contributed by atoms with van der Waals surface area (Å²) in [5.41, 5.74) is 0.949. The fraction of sp³-hybridized carbons (Fsp3) is 0. The van der Waals surface area contributed by atoms with Crippen molar-refractivity contribution < 1.29 is 0 Å². The lowest BCUT2D eigenvalue weighted by molar-refractivity contribution is 0.904. The van der Waals surface area contributed by atoms with Crippen LogP contribution < -0.4 is 0 Å². The molecule has 0 amide bonds. The summed E-state index contributed by atoms with van der Waals surface area (Å²) >= 11 is 5.53. The number of rotatable bonds is 0. The molecule has 4 heteroatoms. The fourth-order valence-electron chi connectivity index (χ4n) is 0.813. The van der Waals surface area contributed by atoms with Gasteiger partial charge in [0.05, 0.1) is 11.7 Å². The molecule has 0 aliphatic carbocycles. The zero-order valence-corrected chi connectivity index (χ0v) is 5.78. The highest BCUT2D eigenvalue weighted by Crippen LogP contribution is 2.02. The first-order valence-electron chi connectivity index (χ1n) is 2.82. The smallest absolute Gasteiger partial charge is 0.236 e. The van der Waals surface area contributed by atoms with Gasteiger partial charge in [0.15, 0.2) is 0 Å². The van der Waals surface area contributed by atoms with Crippen LogP contribution in [0.15, 0.2) is 24.5 Å². The van der Waals surface area contributed by atoms with Crippen molar-refractivity contribution >= 4 is 17.1 Å². The van der Waals surface area contributed by atoms with E-state index in [2.05, 4.69) is 10.1 Å². The van der Waals surface area contributed by atoms with E-state index in [1.54, 1.807) is 10.7 Å². The summed E-state index contributed by atoms with van der Waals surface area (Å²) in [5.74, 6) is 0. The van der Waals surface area contributed by atoms with Crippen LogP contribution >= 0.6 is 11.6 Å². The normalized spacial score (nSPS) is 10.5. The van der Waals surface area contributed by atoms with Crippen LogP contribution in [0.3, 0.4) is 0 Å². The summed E-state index contributed by atoms with van der Waals surface area (Å²) in [6, 6.07) is 3.80. The minimum Gasteiger partial charge on any atom is -0.236 e. The van der Waals surface area contributed by atoms with Gasteiger partial charge in [-0.3, -0.25) is 0 Å². The molecule has 0 bridgehead atoms. The maximum atomic E-state index is 5.53. The third-order valence-electron chi connectivity index (χ3n) is 1.25. The lowest BCUT2D eigenvalue weighted by atomic mass is 10.5. The molecule has 2 aromatic rings. The zero-order chi connectivity index (χ0) is 6.97. The van der Waals surface area contributed by atoms with Gasteiger partial charge in [0.1, 0.15) is 0 Å². The standard InChI is InChI=1S/C6H4ClN3/c7-6-8-4-5-2-1-3-10(5)9-6/h1-4H. The molecule has 0 saturated heterocycles. The van der Waals surface area contributed by atoms with E-state index in [-0.39, 0.29) is 5.28 Å². The van der Waals surface area contributed by atoms with Crippen LogP contribution in [0.4, 0.5) is 0 Å². The quantitative estimate of drug-likeness (QED) is 0.573. The van der Waals surface area contributed by atoms with E-state index in [4.69, 9.17) is 11.6 Å². The van der Waals surface area contributed by atoms with E-state index in [1.165, 1.54) is 0 Å². The first-order valence-corrected chi connectivity index (χ1v) is 3.20. The van der Waals surface area contributed by atoms with Crippen molar-refractivity contribution in [1.29, 1.82) is 0 Å². The lowest BCUT2D eigenvalue weighted by Gasteiger charge is -1.90. The number of fused-ring (bicyclic) bond motifs is 1. The minimum absolute atomic E-state index is 0.267. The summed E-state index contributed by atoms with van der Waals surface area (Å²) in [4.78, 5) is 3.81. The molecule has 2 heterocycles. The molecule has 0 aliphatic heterocycles. The van der Waals surface area contributed by atoms with E-state index < -0.39 is 0 Å². The molecular formula is C6H4ClN3. The van der Waals surface area contributed by atoms with Crippen molar-refractivity contribution in [2.75, 3.05) is 0 Å². The molecule has 0 atom stereocenters. The highest BCUT2D eigenvalue weighted by Gasteiger charge is 1.92. The number of halogens is 1. The summed E-state index contributed by atoms with van der Waals surface area (Å²) in [5, 5.41) is 4.17. The first-order chi connectivity index (χ1) is 4.86. The number of hydrogen-bond donors (Lipinski definition) is 0. The predicted octanol–water partition coefficient (Wildman–Crippen LogP) is 1.38. The molecule has 0 spiro atoms. The molecule has 3 nitrogen and oxygen atoms in total. The van der Waals surface area contributed by atoms with Crippen LogP contribution in [0.1, 0.15) is 0 Å². The van der Waals surface area contributed by atoms with Gasteiger partial charge in [-0.25, -0.2) is 9.50 Å². The average Bonchev–Trinajstić information content (AvgIpc) is 2.33. The molecular weight excluding hydrogens is 150 g/mol. The fourth-order valence-corrected chi connectivity index (χ4v) is 0.943. The molecule has 0 aliphatic rings. The Hall–Kier alpha value is -1.09.